The molecule has 0 heterocycles. The summed E-state index contributed by atoms with van der Waals surface area (Å²) in [5, 5.41) is 9.69. The van der Waals surface area contributed by atoms with Crippen molar-refractivity contribution in [3.8, 4) is 5.75 Å². The van der Waals surface area contributed by atoms with Crippen LogP contribution in [0.4, 0.5) is 0 Å². The number of carbonyl (C=O) groups excluding carboxylic acids is 1. The van der Waals surface area contributed by atoms with E-state index in [0.29, 0.717) is 6.42 Å². The number of hydrogen-bond donors (Lipinski definition) is 1. The van der Waals surface area contributed by atoms with E-state index in [4.69, 9.17) is 0 Å². The summed E-state index contributed by atoms with van der Waals surface area (Å²) in [6.07, 6.45) is 3.78. The van der Waals surface area contributed by atoms with Crippen LogP contribution in [0, 0.1) is 0 Å². The summed E-state index contributed by atoms with van der Waals surface area (Å²) >= 11 is 0. The molecule has 2 nitrogen and oxygen atoms in total. The van der Waals surface area contributed by atoms with Crippen molar-refractivity contribution < 1.29 is 9.90 Å². The molecule has 0 saturated heterocycles. The minimum atomic E-state index is 0.181. The molecule has 0 spiro atoms. The van der Waals surface area contributed by atoms with Gasteiger partial charge >= 0.3 is 0 Å². The molecule has 1 rings (SSSR count). The quantitative estimate of drug-likeness (QED) is 0.589. The topological polar surface area (TPSA) is 37.3 Å². The minimum absolute atomic E-state index is 0.181. The molecular weight excluding hydrogens is 212 g/mol. The molecule has 1 N–H and O–H groups in total. The second-order valence-corrected chi connectivity index (χ2v) is 4.81. The van der Waals surface area contributed by atoms with Crippen molar-refractivity contribution >= 4 is 5.78 Å². The van der Waals surface area contributed by atoms with Gasteiger partial charge in [-0.15, -0.1) is 0 Å². The Bertz CT molecular complexity index is 381. The van der Waals surface area contributed by atoms with E-state index in [0.717, 1.165) is 30.4 Å². The van der Waals surface area contributed by atoms with E-state index in [1.54, 1.807) is 12.1 Å². The van der Waals surface area contributed by atoms with Crippen LogP contribution in [0.1, 0.15) is 68.3 Å². The van der Waals surface area contributed by atoms with Gasteiger partial charge in [0.1, 0.15) is 5.75 Å². The van der Waals surface area contributed by atoms with E-state index >= 15 is 0 Å². The predicted molar refractivity (Wildman–Crippen MR) is 70.7 cm³/mol. The van der Waals surface area contributed by atoms with Crippen LogP contribution in [0.5, 0.6) is 5.75 Å². The number of aromatic hydroxyl groups is 1. The number of rotatable bonds is 6. The number of unbranched alkanes of at least 4 members (excludes halogenated alkanes) is 2. The fraction of sp³-hybridized carbons (Fsp3) is 0.533. The SMILES string of the molecule is CCCCCC(=O)c1ccc(O)c(C(C)C)c1. The van der Waals surface area contributed by atoms with Crippen molar-refractivity contribution in [3.05, 3.63) is 29.3 Å². The number of ketones is 1. The Hall–Kier alpha value is -1.31. The summed E-state index contributed by atoms with van der Waals surface area (Å²) in [6.45, 7) is 6.16. The molecule has 0 bridgehead atoms. The molecule has 1 aromatic carbocycles. The highest BCUT2D eigenvalue weighted by molar-refractivity contribution is 5.96. The van der Waals surface area contributed by atoms with Gasteiger partial charge in [-0.2, -0.15) is 0 Å². The highest BCUT2D eigenvalue weighted by Gasteiger charge is 2.11. The highest BCUT2D eigenvalue weighted by atomic mass is 16.3. The summed E-state index contributed by atoms with van der Waals surface area (Å²) in [4.78, 5) is 11.9. The summed E-state index contributed by atoms with van der Waals surface area (Å²) < 4.78 is 0. The first-order valence-corrected chi connectivity index (χ1v) is 6.42. The number of carbonyl (C=O) groups is 1. The number of Topliss-reactive ketones (excluding diaryl/α,β-unsaturated/α-hetero) is 1. The van der Waals surface area contributed by atoms with Crippen LogP contribution >= 0.6 is 0 Å². The van der Waals surface area contributed by atoms with Crippen LogP contribution in [0.2, 0.25) is 0 Å². The predicted octanol–water partition coefficient (Wildman–Crippen LogP) is 4.28. The molecular formula is C15H22O2. The van der Waals surface area contributed by atoms with Gasteiger partial charge in [-0.3, -0.25) is 4.79 Å². The van der Waals surface area contributed by atoms with Gasteiger partial charge in [0.15, 0.2) is 5.78 Å². The van der Waals surface area contributed by atoms with E-state index in [1.165, 1.54) is 0 Å². The van der Waals surface area contributed by atoms with Crippen molar-refractivity contribution in [3.63, 3.8) is 0 Å². The molecule has 0 amide bonds. The zero-order valence-corrected chi connectivity index (χ0v) is 11.0. The summed E-state index contributed by atoms with van der Waals surface area (Å²) in [7, 11) is 0. The van der Waals surface area contributed by atoms with E-state index in [2.05, 4.69) is 6.92 Å². The Morgan fingerprint density at radius 2 is 2.00 bits per heavy atom. The lowest BCUT2D eigenvalue weighted by molar-refractivity contribution is 0.0979. The molecule has 0 aliphatic carbocycles. The van der Waals surface area contributed by atoms with Crippen LogP contribution in [0.15, 0.2) is 18.2 Å². The van der Waals surface area contributed by atoms with Crippen molar-refractivity contribution in [1.29, 1.82) is 0 Å². The Labute approximate surface area is 104 Å². The Morgan fingerprint density at radius 1 is 1.29 bits per heavy atom. The second-order valence-electron chi connectivity index (χ2n) is 4.81. The maximum absolute atomic E-state index is 11.9. The molecule has 0 radical (unpaired) electrons. The third kappa shape index (κ3) is 3.88. The van der Waals surface area contributed by atoms with Gasteiger partial charge in [0.25, 0.3) is 0 Å². The zero-order valence-electron chi connectivity index (χ0n) is 11.0. The van der Waals surface area contributed by atoms with Gasteiger partial charge in [0.2, 0.25) is 0 Å². The number of phenolic OH excluding ortho intramolecular Hbond substituents is 1. The Morgan fingerprint density at radius 3 is 2.59 bits per heavy atom. The lowest BCUT2D eigenvalue weighted by atomic mass is 9.96. The van der Waals surface area contributed by atoms with Gasteiger partial charge in [-0.1, -0.05) is 33.6 Å². The lowest BCUT2D eigenvalue weighted by Gasteiger charge is -2.10. The van der Waals surface area contributed by atoms with Crippen LogP contribution in [0.25, 0.3) is 0 Å². The van der Waals surface area contributed by atoms with E-state index < -0.39 is 0 Å². The van der Waals surface area contributed by atoms with E-state index in [9.17, 15) is 9.90 Å². The van der Waals surface area contributed by atoms with Crippen LogP contribution in [-0.2, 0) is 0 Å². The van der Waals surface area contributed by atoms with Gasteiger partial charge in [-0.05, 0) is 36.1 Å². The molecule has 0 aromatic heterocycles. The molecule has 1 aromatic rings. The van der Waals surface area contributed by atoms with E-state index in [-0.39, 0.29) is 17.5 Å². The first-order chi connectivity index (χ1) is 8.06. The monoisotopic (exact) mass is 234 g/mol. The first-order valence-electron chi connectivity index (χ1n) is 6.42. The van der Waals surface area contributed by atoms with Crippen LogP contribution in [0.3, 0.4) is 0 Å². The number of benzene rings is 1. The van der Waals surface area contributed by atoms with Crippen molar-refractivity contribution in [2.24, 2.45) is 0 Å². The van der Waals surface area contributed by atoms with Crippen LogP contribution < -0.4 is 0 Å². The van der Waals surface area contributed by atoms with Gasteiger partial charge in [0.05, 0.1) is 0 Å². The molecule has 0 atom stereocenters. The third-order valence-electron chi connectivity index (χ3n) is 2.98. The summed E-state index contributed by atoms with van der Waals surface area (Å²) in [6, 6.07) is 5.17. The van der Waals surface area contributed by atoms with Gasteiger partial charge in [0, 0.05) is 12.0 Å². The average molecular weight is 234 g/mol. The molecule has 0 saturated carbocycles. The average Bonchev–Trinajstić information content (AvgIpc) is 2.29. The highest BCUT2D eigenvalue weighted by Crippen LogP contribution is 2.26. The molecule has 2 heteroatoms. The van der Waals surface area contributed by atoms with Crippen molar-refractivity contribution in [2.45, 2.75) is 52.4 Å². The van der Waals surface area contributed by atoms with Gasteiger partial charge < -0.3 is 5.11 Å². The van der Waals surface area contributed by atoms with Crippen molar-refractivity contribution in [2.75, 3.05) is 0 Å². The molecule has 0 aliphatic heterocycles. The first kappa shape index (κ1) is 13.8. The smallest absolute Gasteiger partial charge is 0.162 e. The molecule has 0 fully saturated rings. The van der Waals surface area contributed by atoms with Gasteiger partial charge in [-0.25, -0.2) is 0 Å². The fourth-order valence-electron chi connectivity index (χ4n) is 1.87. The molecule has 0 aliphatic rings. The standard InChI is InChI=1S/C15H22O2/c1-4-5-6-7-14(16)12-8-9-15(17)13(10-12)11(2)3/h8-11,17H,4-7H2,1-3H3. The molecule has 94 valence electrons. The lowest BCUT2D eigenvalue weighted by Crippen LogP contribution is -2.00. The summed E-state index contributed by atoms with van der Waals surface area (Å²) in [5.41, 5.74) is 1.58. The van der Waals surface area contributed by atoms with Crippen LogP contribution in [-0.4, -0.2) is 10.9 Å². The largest absolute Gasteiger partial charge is 0.508 e. The van der Waals surface area contributed by atoms with Crippen molar-refractivity contribution in [1.82, 2.24) is 0 Å². The maximum atomic E-state index is 11.9. The molecule has 17 heavy (non-hydrogen) atoms. The Balaban J connectivity index is 2.77. The fourth-order valence-corrected chi connectivity index (χ4v) is 1.87. The number of hydrogen-bond acceptors (Lipinski definition) is 2. The minimum Gasteiger partial charge on any atom is -0.508 e. The normalized spacial score (nSPS) is 10.8. The van der Waals surface area contributed by atoms with E-state index in [1.807, 2.05) is 19.9 Å². The maximum Gasteiger partial charge on any atom is 0.162 e. The third-order valence-corrected chi connectivity index (χ3v) is 2.98. The molecule has 0 unspecified atom stereocenters. The zero-order chi connectivity index (χ0) is 12.8. The Kier molecular flexibility index (Phi) is 5.20. The summed E-state index contributed by atoms with van der Waals surface area (Å²) in [5.74, 6) is 0.698. The number of phenols is 1. The second kappa shape index (κ2) is 6.43.